The number of likely N-dealkylation sites (N-methyl/N-ethyl adjacent to an activating group) is 1. The monoisotopic (exact) mass is 477 g/mol. The third-order valence-electron chi connectivity index (χ3n) is 4.40. The molecule has 1 heterocycles. The number of benzene rings is 1. The fourth-order valence-electron chi connectivity index (χ4n) is 2.91. The minimum atomic E-state index is 0. The first-order valence-electron chi connectivity index (χ1n) is 8.82. The summed E-state index contributed by atoms with van der Waals surface area (Å²) in [5.41, 5.74) is 6.75. The van der Waals surface area contributed by atoms with Gasteiger partial charge in [0.1, 0.15) is 11.5 Å². The van der Waals surface area contributed by atoms with E-state index in [-0.39, 0.29) is 24.0 Å². The molecule has 0 radical (unpaired) electrons. The second-order valence-electron chi connectivity index (χ2n) is 6.31. The molecule has 0 saturated carbocycles. The van der Waals surface area contributed by atoms with Crippen LogP contribution in [0.1, 0.15) is 12.8 Å². The average molecular weight is 477 g/mol. The molecule has 148 valence electrons. The average Bonchev–Trinajstić information content (AvgIpc) is 2.83. The van der Waals surface area contributed by atoms with Gasteiger partial charge in [-0.05, 0) is 51.7 Å². The molecule has 3 N–H and O–H groups in total. The zero-order valence-electron chi connectivity index (χ0n) is 16.0. The molecule has 1 aliphatic heterocycles. The summed E-state index contributed by atoms with van der Waals surface area (Å²) in [4.78, 5) is 9.32. The maximum absolute atomic E-state index is 6.01. The van der Waals surface area contributed by atoms with Gasteiger partial charge >= 0.3 is 0 Å². The standard InChI is InChI=1S/C18H31N5O2.HI/c1-22-9-5-11-23(13-12-22)10-4-8-20-18(19)21-16-14-15(24-2)6-7-17(16)25-3;/h6-7,14H,4-5,8-13H2,1-3H3,(H3,19,20,21);1H. The zero-order valence-corrected chi connectivity index (χ0v) is 18.4. The van der Waals surface area contributed by atoms with Gasteiger partial charge in [-0.1, -0.05) is 0 Å². The van der Waals surface area contributed by atoms with Crippen LogP contribution in [0.25, 0.3) is 0 Å². The summed E-state index contributed by atoms with van der Waals surface area (Å²) < 4.78 is 10.6. The Labute approximate surface area is 173 Å². The summed E-state index contributed by atoms with van der Waals surface area (Å²) in [6.07, 6.45) is 2.24. The van der Waals surface area contributed by atoms with Gasteiger partial charge in [-0.15, -0.1) is 24.0 Å². The smallest absolute Gasteiger partial charge is 0.193 e. The highest BCUT2D eigenvalue weighted by molar-refractivity contribution is 14.0. The van der Waals surface area contributed by atoms with Crippen LogP contribution in [0.5, 0.6) is 11.5 Å². The van der Waals surface area contributed by atoms with E-state index in [0.29, 0.717) is 18.3 Å². The Morgan fingerprint density at radius 1 is 1.19 bits per heavy atom. The summed E-state index contributed by atoms with van der Waals surface area (Å²) in [7, 11) is 5.44. The number of hydrogen-bond donors (Lipinski definition) is 2. The lowest BCUT2D eigenvalue weighted by atomic mass is 10.2. The van der Waals surface area contributed by atoms with Crippen LogP contribution in [0.4, 0.5) is 5.69 Å². The number of hydrogen-bond acceptors (Lipinski definition) is 5. The highest BCUT2D eigenvalue weighted by atomic mass is 127. The number of nitrogens with one attached hydrogen (secondary N) is 1. The molecule has 0 aliphatic carbocycles. The van der Waals surface area contributed by atoms with Crippen molar-refractivity contribution in [2.75, 3.05) is 65.9 Å². The fraction of sp³-hybridized carbons (Fsp3) is 0.611. The normalized spacial score (nSPS) is 16.5. The van der Waals surface area contributed by atoms with Crippen LogP contribution in [0.3, 0.4) is 0 Å². The zero-order chi connectivity index (χ0) is 18.1. The molecule has 7 nitrogen and oxygen atoms in total. The molecule has 0 atom stereocenters. The van der Waals surface area contributed by atoms with E-state index in [1.165, 1.54) is 19.5 Å². The van der Waals surface area contributed by atoms with Gasteiger partial charge in [0.05, 0.1) is 19.9 Å². The number of rotatable bonds is 7. The minimum Gasteiger partial charge on any atom is -0.497 e. The van der Waals surface area contributed by atoms with Crippen LogP contribution < -0.4 is 20.5 Å². The number of ether oxygens (including phenoxy) is 2. The number of halogens is 1. The highest BCUT2D eigenvalue weighted by Gasteiger charge is 2.11. The molecule has 1 saturated heterocycles. The highest BCUT2D eigenvalue weighted by Crippen LogP contribution is 2.28. The lowest BCUT2D eigenvalue weighted by Gasteiger charge is -2.19. The quantitative estimate of drug-likeness (QED) is 0.271. The molecule has 1 fully saturated rings. The molecular formula is C18H32IN5O2. The van der Waals surface area contributed by atoms with Gasteiger partial charge in [0.15, 0.2) is 5.96 Å². The van der Waals surface area contributed by atoms with Gasteiger partial charge in [0.2, 0.25) is 0 Å². The van der Waals surface area contributed by atoms with Crippen molar-refractivity contribution in [1.82, 2.24) is 9.80 Å². The second-order valence-corrected chi connectivity index (χ2v) is 6.31. The van der Waals surface area contributed by atoms with Crippen molar-refractivity contribution < 1.29 is 9.47 Å². The summed E-state index contributed by atoms with van der Waals surface area (Å²) in [5, 5.41) is 3.09. The van der Waals surface area contributed by atoms with E-state index in [0.717, 1.165) is 37.5 Å². The molecule has 1 aromatic carbocycles. The van der Waals surface area contributed by atoms with Crippen molar-refractivity contribution in [1.29, 1.82) is 0 Å². The first-order valence-corrected chi connectivity index (χ1v) is 8.82. The van der Waals surface area contributed by atoms with Crippen molar-refractivity contribution in [2.45, 2.75) is 12.8 Å². The van der Waals surface area contributed by atoms with Crippen molar-refractivity contribution in [3.8, 4) is 11.5 Å². The Morgan fingerprint density at radius 3 is 2.73 bits per heavy atom. The van der Waals surface area contributed by atoms with E-state index in [2.05, 4.69) is 27.2 Å². The molecule has 1 aromatic rings. The summed E-state index contributed by atoms with van der Waals surface area (Å²) in [6, 6.07) is 5.52. The SMILES string of the molecule is COc1ccc(OC)c(NC(N)=NCCCN2CCCN(C)CC2)c1.I. The first-order chi connectivity index (χ1) is 12.1. The molecular weight excluding hydrogens is 445 g/mol. The molecule has 0 amide bonds. The number of nitrogens with two attached hydrogens (primary N) is 1. The first kappa shape index (κ1) is 22.8. The van der Waals surface area contributed by atoms with Crippen LogP contribution in [0, 0.1) is 0 Å². The maximum atomic E-state index is 6.01. The number of aliphatic imine (C=N–C) groups is 1. The Bertz CT molecular complexity index is 571. The van der Waals surface area contributed by atoms with Crippen LogP contribution in [-0.2, 0) is 0 Å². The molecule has 0 unspecified atom stereocenters. The number of anilines is 1. The van der Waals surface area contributed by atoms with E-state index < -0.39 is 0 Å². The largest absolute Gasteiger partial charge is 0.497 e. The second kappa shape index (κ2) is 12.2. The number of methoxy groups -OCH3 is 2. The molecule has 0 bridgehead atoms. The predicted octanol–water partition coefficient (Wildman–Crippen LogP) is 2.08. The lowest BCUT2D eigenvalue weighted by molar-refractivity contribution is 0.275. The molecule has 0 spiro atoms. The summed E-state index contributed by atoms with van der Waals surface area (Å²) in [6.45, 7) is 6.40. The third-order valence-corrected chi connectivity index (χ3v) is 4.40. The van der Waals surface area contributed by atoms with Gasteiger partial charge < -0.3 is 30.3 Å². The Morgan fingerprint density at radius 2 is 2.00 bits per heavy atom. The minimum absolute atomic E-state index is 0. The van der Waals surface area contributed by atoms with E-state index in [1.807, 2.05) is 18.2 Å². The van der Waals surface area contributed by atoms with Crippen LogP contribution in [0.2, 0.25) is 0 Å². The van der Waals surface area contributed by atoms with Gasteiger partial charge in [-0.3, -0.25) is 4.99 Å². The van der Waals surface area contributed by atoms with Gasteiger partial charge in [-0.2, -0.15) is 0 Å². The topological polar surface area (TPSA) is 75.3 Å². The third kappa shape index (κ3) is 7.55. The van der Waals surface area contributed by atoms with Gasteiger partial charge in [0.25, 0.3) is 0 Å². The Balaban J connectivity index is 0.00000338. The lowest BCUT2D eigenvalue weighted by Crippen LogP contribution is -2.30. The predicted molar refractivity (Wildman–Crippen MR) is 118 cm³/mol. The van der Waals surface area contributed by atoms with Crippen molar-refractivity contribution >= 4 is 35.6 Å². The summed E-state index contributed by atoms with van der Waals surface area (Å²) >= 11 is 0. The number of guanidine groups is 1. The number of nitrogens with zero attached hydrogens (tertiary/aromatic N) is 3. The van der Waals surface area contributed by atoms with Gasteiger partial charge in [0, 0.05) is 25.7 Å². The van der Waals surface area contributed by atoms with Crippen molar-refractivity contribution in [2.24, 2.45) is 10.7 Å². The van der Waals surface area contributed by atoms with E-state index in [1.54, 1.807) is 14.2 Å². The van der Waals surface area contributed by atoms with Crippen molar-refractivity contribution in [3.63, 3.8) is 0 Å². The van der Waals surface area contributed by atoms with E-state index in [9.17, 15) is 0 Å². The molecule has 1 aliphatic rings. The molecule has 8 heteroatoms. The molecule has 0 aromatic heterocycles. The van der Waals surface area contributed by atoms with E-state index >= 15 is 0 Å². The Hall–Kier alpha value is -1.26. The van der Waals surface area contributed by atoms with Gasteiger partial charge in [-0.25, -0.2) is 0 Å². The van der Waals surface area contributed by atoms with Crippen LogP contribution >= 0.6 is 24.0 Å². The van der Waals surface area contributed by atoms with Crippen LogP contribution in [-0.4, -0.2) is 76.3 Å². The Kier molecular flexibility index (Phi) is 10.7. The molecule has 26 heavy (non-hydrogen) atoms. The van der Waals surface area contributed by atoms with Crippen LogP contribution in [0.15, 0.2) is 23.2 Å². The maximum Gasteiger partial charge on any atom is 0.193 e. The molecule has 2 rings (SSSR count). The van der Waals surface area contributed by atoms with Crippen molar-refractivity contribution in [3.05, 3.63) is 18.2 Å². The van der Waals surface area contributed by atoms with E-state index in [4.69, 9.17) is 15.2 Å². The summed E-state index contributed by atoms with van der Waals surface area (Å²) in [5.74, 6) is 1.83. The fourth-order valence-corrected chi connectivity index (χ4v) is 2.91.